The lowest BCUT2D eigenvalue weighted by Gasteiger charge is -2.16. The van der Waals surface area contributed by atoms with Crippen molar-refractivity contribution >= 4 is 23.2 Å². The Kier molecular flexibility index (Phi) is 4.70. The molecule has 0 saturated heterocycles. The molecule has 0 aliphatic heterocycles. The second kappa shape index (κ2) is 6.29. The highest BCUT2D eigenvalue weighted by Crippen LogP contribution is 2.29. The van der Waals surface area contributed by atoms with Gasteiger partial charge in [-0.3, -0.25) is 0 Å². The number of hydrogen-bond donors (Lipinski definition) is 1. The normalized spacial score (nSPS) is 12.2. The minimum atomic E-state index is -0.188. The Hall–Kier alpha value is -1.22. The average molecular weight is 296 g/mol. The number of ether oxygens (including phenoxy) is 1. The van der Waals surface area contributed by atoms with E-state index in [4.69, 9.17) is 33.7 Å². The zero-order valence-electron chi connectivity index (χ0n) is 10.6. The van der Waals surface area contributed by atoms with Crippen LogP contribution in [-0.2, 0) is 6.42 Å². The summed E-state index contributed by atoms with van der Waals surface area (Å²) in [5, 5.41) is 1.33. The lowest BCUT2D eigenvalue weighted by atomic mass is 9.99. The quantitative estimate of drug-likeness (QED) is 0.915. The molecule has 0 spiro atoms. The van der Waals surface area contributed by atoms with Gasteiger partial charge >= 0.3 is 0 Å². The monoisotopic (exact) mass is 295 g/mol. The van der Waals surface area contributed by atoms with Gasteiger partial charge in [0.05, 0.1) is 7.11 Å². The van der Waals surface area contributed by atoms with Crippen LogP contribution in [0.1, 0.15) is 17.2 Å². The summed E-state index contributed by atoms with van der Waals surface area (Å²) < 4.78 is 5.32. The van der Waals surface area contributed by atoms with Crippen molar-refractivity contribution in [3.63, 3.8) is 0 Å². The van der Waals surface area contributed by atoms with Gasteiger partial charge in [-0.15, -0.1) is 0 Å². The third-order valence-corrected chi connectivity index (χ3v) is 3.59. The highest BCUT2D eigenvalue weighted by Gasteiger charge is 2.13. The molecule has 1 atom stereocenters. The van der Waals surface area contributed by atoms with E-state index in [1.54, 1.807) is 19.2 Å². The molecule has 2 rings (SSSR count). The van der Waals surface area contributed by atoms with Crippen LogP contribution in [0.25, 0.3) is 0 Å². The number of halogens is 2. The lowest BCUT2D eigenvalue weighted by molar-refractivity contribution is 0.405. The fourth-order valence-corrected chi connectivity index (χ4v) is 2.41. The molecule has 2 aromatic rings. The van der Waals surface area contributed by atoms with E-state index in [1.165, 1.54) is 0 Å². The van der Waals surface area contributed by atoms with Crippen LogP contribution >= 0.6 is 23.2 Å². The van der Waals surface area contributed by atoms with Gasteiger partial charge in [0.1, 0.15) is 5.75 Å². The fraction of sp³-hybridized carbons (Fsp3) is 0.200. The molecule has 0 heterocycles. The van der Waals surface area contributed by atoms with Crippen LogP contribution in [0.4, 0.5) is 0 Å². The highest BCUT2D eigenvalue weighted by molar-refractivity contribution is 6.33. The Morgan fingerprint density at radius 3 is 2.63 bits per heavy atom. The summed E-state index contributed by atoms with van der Waals surface area (Å²) in [6, 6.07) is 12.9. The zero-order chi connectivity index (χ0) is 13.8. The molecule has 2 N–H and O–H groups in total. The number of hydrogen-bond acceptors (Lipinski definition) is 2. The summed E-state index contributed by atoms with van der Waals surface area (Å²) in [5.41, 5.74) is 8.14. The molecule has 0 aliphatic rings. The van der Waals surface area contributed by atoms with Crippen molar-refractivity contribution in [3.05, 3.63) is 63.6 Å². The summed E-state index contributed by atoms with van der Waals surface area (Å²) in [7, 11) is 1.64. The summed E-state index contributed by atoms with van der Waals surface area (Å²) >= 11 is 12.1. The van der Waals surface area contributed by atoms with Crippen LogP contribution in [0, 0.1) is 0 Å². The van der Waals surface area contributed by atoms with Crippen molar-refractivity contribution in [2.45, 2.75) is 12.5 Å². The summed E-state index contributed by atoms with van der Waals surface area (Å²) in [6.07, 6.45) is 0.611. The number of para-hydroxylation sites is 1. The first-order valence-corrected chi connectivity index (χ1v) is 6.70. The number of benzene rings is 2. The van der Waals surface area contributed by atoms with Crippen LogP contribution in [0.5, 0.6) is 5.75 Å². The van der Waals surface area contributed by atoms with Crippen LogP contribution in [-0.4, -0.2) is 7.11 Å². The smallest absolute Gasteiger partial charge is 0.123 e. The maximum absolute atomic E-state index is 6.24. The van der Waals surface area contributed by atoms with Crippen LogP contribution in [0.3, 0.4) is 0 Å². The van der Waals surface area contributed by atoms with Crippen molar-refractivity contribution in [1.82, 2.24) is 0 Å². The van der Waals surface area contributed by atoms with E-state index in [0.717, 1.165) is 16.9 Å². The Labute approximate surface area is 123 Å². The molecule has 4 heteroatoms. The SMILES string of the molecule is COc1ccccc1C(N)Cc1cc(Cl)ccc1Cl. The molecule has 2 nitrogen and oxygen atoms in total. The van der Waals surface area contributed by atoms with Crippen molar-refractivity contribution in [3.8, 4) is 5.75 Å². The van der Waals surface area contributed by atoms with Gasteiger partial charge in [-0.1, -0.05) is 41.4 Å². The van der Waals surface area contributed by atoms with Gasteiger partial charge in [0.15, 0.2) is 0 Å². The Bertz CT molecular complexity index is 572. The molecule has 0 radical (unpaired) electrons. The highest BCUT2D eigenvalue weighted by atomic mass is 35.5. The summed E-state index contributed by atoms with van der Waals surface area (Å²) in [6.45, 7) is 0. The molecular formula is C15H15Cl2NO. The third kappa shape index (κ3) is 3.41. The second-order valence-corrected chi connectivity index (χ2v) is 5.13. The zero-order valence-corrected chi connectivity index (χ0v) is 12.1. The Balaban J connectivity index is 2.25. The van der Waals surface area contributed by atoms with Gasteiger partial charge in [-0.2, -0.15) is 0 Å². The second-order valence-electron chi connectivity index (χ2n) is 4.29. The molecule has 0 aromatic heterocycles. The van der Waals surface area contributed by atoms with Gasteiger partial charge in [-0.05, 0) is 36.2 Å². The predicted molar refractivity (Wildman–Crippen MR) is 80.1 cm³/mol. The maximum atomic E-state index is 6.24. The summed E-state index contributed by atoms with van der Waals surface area (Å²) in [5.74, 6) is 0.785. The minimum absolute atomic E-state index is 0.188. The van der Waals surface area contributed by atoms with Gasteiger partial charge in [0.2, 0.25) is 0 Å². The predicted octanol–water partition coefficient (Wildman–Crippen LogP) is 4.24. The first-order chi connectivity index (χ1) is 9.11. The van der Waals surface area contributed by atoms with Gasteiger partial charge in [-0.25, -0.2) is 0 Å². The van der Waals surface area contributed by atoms with E-state index in [9.17, 15) is 0 Å². The van der Waals surface area contributed by atoms with Gasteiger partial charge in [0, 0.05) is 21.7 Å². The number of nitrogens with two attached hydrogens (primary N) is 1. The topological polar surface area (TPSA) is 35.2 Å². The van der Waals surface area contributed by atoms with Gasteiger partial charge < -0.3 is 10.5 Å². The fourth-order valence-electron chi connectivity index (χ4n) is 2.02. The molecule has 0 bridgehead atoms. The van der Waals surface area contributed by atoms with Crippen molar-refractivity contribution in [1.29, 1.82) is 0 Å². The molecule has 0 aliphatic carbocycles. The Morgan fingerprint density at radius 1 is 1.16 bits per heavy atom. The minimum Gasteiger partial charge on any atom is -0.496 e. The summed E-state index contributed by atoms with van der Waals surface area (Å²) in [4.78, 5) is 0. The van der Waals surface area contributed by atoms with E-state index in [0.29, 0.717) is 16.5 Å². The van der Waals surface area contributed by atoms with Crippen LogP contribution in [0.15, 0.2) is 42.5 Å². The van der Waals surface area contributed by atoms with Crippen LogP contribution < -0.4 is 10.5 Å². The maximum Gasteiger partial charge on any atom is 0.123 e. The molecule has 100 valence electrons. The van der Waals surface area contributed by atoms with E-state index >= 15 is 0 Å². The van der Waals surface area contributed by atoms with E-state index in [2.05, 4.69) is 0 Å². The van der Waals surface area contributed by atoms with E-state index < -0.39 is 0 Å². The first kappa shape index (κ1) is 14.2. The standard InChI is InChI=1S/C15H15Cl2NO/c1-19-15-5-3-2-4-12(15)14(18)9-10-8-11(16)6-7-13(10)17/h2-8,14H,9,18H2,1H3. The third-order valence-electron chi connectivity index (χ3n) is 2.99. The van der Waals surface area contributed by atoms with E-state index in [1.807, 2.05) is 30.3 Å². The molecule has 19 heavy (non-hydrogen) atoms. The van der Waals surface area contributed by atoms with E-state index in [-0.39, 0.29) is 6.04 Å². The molecular weight excluding hydrogens is 281 g/mol. The number of rotatable bonds is 4. The largest absolute Gasteiger partial charge is 0.496 e. The van der Waals surface area contributed by atoms with Crippen molar-refractivity contribution in [2.24, 2.45) is 5.73 Å². The molecule has 2 aromatic carbocycles. The molecule has 0 fully saturated rings. The molecule has 0 amide bonds. The number of methoxy groups -OCH3 is 1. The lowest BCUT2D eigenvalue weighted by Crippen LogP contribution is -2.14. The first-order valence-electron chi connectivity index (χ1n) is 5.94. The van der Waals surface area contributed by atoms with Crippen LogP contribution in [0.2, 0.25) is 10.0 Å². The average Bonchev–Trinajstić information content (AvgIpc) is 2.42. The van der Waals surface area contributed by atoms with Gasteiger partial charge in [0.25, 0.3) is 0 Å². The van der Waals surface area contributed by atoms with Crippen molar-refractivity contribution < 1.29 is 4.74 Å². The molecule has 1 unspecified atom stereocenters. The molecule has 0 saturated carbocycles. The Morgan fingerprint density at radius 2 is 1.89 bits per heavy atom. The van der Waals surface area contributed by atoms with Crippen molar-refractivity contribution in [2.75, 3.05) is 7.11 Å².